The van der Waals surface area contributed by atoms with Gasteiger partial charge in [-0.3, -0.25) is 0 Å². The van der Waals surface area contributed by atoms with Gasteiger partial charge in [-0.1, -0.05) is 89.2 Å². The Morgan fingerprint density at radius 2 is 1.19 bits per heavy atom. The predicted octanol–water partition coefficient (Wildman–Crippen LogP) is 4.16. The van der Waals surface area contributed by atoms with Crippen LogP contribution in [0.4, 0.5) is 0 Å². The van der Waals surface area contributed by atoms with Crippen LogP contribution >= 0.6 is 11.8 Å². The van der Waals surface area contributed by atoms with Gasteiger partial charge in [0.25, 0.3) is 0 Å². The first kappa shape index (κ1) is 18.8. The zero-order valence-electron chi connectivity index (χ0n) is 15.1. The van der Waals surface area contributed by atoms with Crippen molar-refractivity contribution in [3.63, 3.8) is 0 Å². The van der Waals surface area contributed by atoms with Crippen molar-refractivity contribution in [3.8, 4) is 5.75 Å². The van der Waals surface area contributed by atoms with Crippen molar-refractivity contribution in [3.05, 3.63) is 91.0 Å². The van der Waals surface area contributed by atoms with Gasteiger partial charge in [0.2, 0.25) is 0 Å². The lowest BCUT2D eigenvalue weighted by Crippen LogP contribution is -2.44. The second kappa shape index (κ2) is 10.9. The van der Waals surface area contributed by atoms with E-state index in [1.54, 1.807) is 10.4 Å². The molecule has 0 fully saturated rings. The summed E-state index contributed by atoms with van der Waals surface area (Å²) in [6.07, 6.45) is 2.33. The molecule has 0 saturated heterocycles. The van der Waals surface area contributed by atoms with E-state index in [1.807, 2.05) is 30.3 Å². The highest BCUT2D eigenvalue weighted by molar-refractivity contribution is 8.00. The summed E-state index contributed by atoms with van der Waals surface area (Å²) in [5, 5.41) is 4.34. The van der Waals surface area contributed by atoms with Crippen molar-refractivity contribution < 1.29 is 4.74 Å². The van der Waals surface area contributed by atoms with Gasteiger partial charge >= 0.3 is 0 Å². The summed E-state index contributed by atoms with van der Waals surface area (Å²) >= 11 is 2.10. The molecule has 3 rings (SSSR count). The Hall–Kier alpha value is -1.97. The van der Waals surface area contributed by atoms with Crippen LogP contribution in [-0.4, -0.2) is 26.5 Å². The lowest BCUT2D eigenvalue weighted by atomic mass is 10.3. The summed E-state index contributed by atoms with van der Waals surface area (Å²) in [6, 6.07) is 32.2. The van der Waals surface area contributed by atoms with Crippen molar-refractivity contribution in [2.45, 2.75) is 12.8 Å². The Morgan fingerprint density at radius 1 is 0.654 bits per heavy atom. The van der Waals surface area contributed by atoms with E-state index in [9.17, 15) is 0 Å². The topological polar surface area (TPSA) is 9.23 Å². The maximum absolute atomic E-state index is 5.77. The van der Waals surface area contributed by atoms with E-state index in [0.717, 1.165) is 18.8 Å². The minimum Gasteiger partial charge on any atom is -0.494 e. The molecule has 0 amide bonds. The first-order valence-electron chi connectivity index (χ1n) is 9.29. The van der Waals surface area contributed by atoms with Gasteiger partial charge in [0.1, 0.15) is 14.5 Å². The number of benzene rings is 3. The van der Waals surface area contributed by atoms with Crippen LogP contribution in [0.5, 0.6) is 5.75 Å². The second-order valence-corrected chi connectivity index (χ2v) is 10.9. The molecule has 134 valence electrons. The molecule has 0 N–H and O–H groups in total. The van der Waals surface area contributed by atoms with Crippen LogP contribution in [0.25, 0.3) is 0 Å². The van der Waals surface area contributed by atoms with Crippen LogP contribution in [0.3, 0.4) is 0 Å². The minimum atomic E-state index is -1.13. The molecule has 0 radical (unpaired) electrons. The number of hydrogen-bond acceptors (Lipinski definition) is 2. The molecular weight excluding hydrogens is 352 g/mol. The van der Waals surface area contributed by atoms with Gasteiger partial charge in [-0.2, -0.15) is 11.8 Å². The molecule has 0 atom stereocenters. The van der Waals surface area contributed by atoms with Crippen molar-refractivity contribution in [1.82, 2.24) is 0 Å². The molecule has 0 aromatic heterocycles. The third kappa shape index (κ3) is 6.08. The maximum Gasteiger partial charge on any atom is 0.119 e. The fraction of sp³-hybridized carbons (Fsp3) is 0.217. The summed E-state index contributed by atoms with van der Waals surface area (Å²) in [7, 11) is -1.13. The van der Waals surface area contributed by atoms with Crippen LogP contribution in [0.2, 0.25) is 0 Å². The molecule has 1 nitrogen and oxygen atoms in total. The number of hydrogen-bond donors (Lipinski definition) is 0. The Morgan fingerprint density at radius 3 is 1.77 bits per heavy atom. The number of ether oxygens (including phenoxy) is 1. The van der Waals surface area contributed by atoms with Crippen molar-refractivity contribution >= 4 is 30.9 Å². The summed E-state index contributed by atoms with van der Waals surface area (Å²) in [4.78, 5) is 0. The summed E-state index contributed by atoms with van der Waals surface area (Å²) in [6.45, 7) is 0.808. The highest BCUT2D eigenvalue weighted by atomic mass is 32.2. The van der Waals surface area contributed by atoms with Gasteiger partial charge in [0.15, 0.2) is 0 Å². The Labute approximate surface area is 163 Å². The normalized spacial score (nSPS) is 10.8. The van der Waals surface area contributed by atoms with E-state index in [1.165, 1.54) is 17.5 Å². The Bertz CT molecular complexity index is 694. The van der Waals surface area contributed by atoms with Gasteiger partial charge in [-0.15, -0.1) is 0 Å². The van der Waals surface area contributed by atoms with Gasteiger partial charge in [-0.25, -0.2) is 0 Å². The van der Waals surface area contributed by atoms with Crippen LogP contribution in [-0.2, 0) is 0 Å². The van der Waals surface area contributed by atoms with Gasteiger partial charge in [0.05, 0.1) is 6.61 Å². The summed E-state index contributed by atoms with van der Waals surface area (Å²) in [5.74, 6) is 2.18. The number of thioether (sulfide) groups is 1. The largest absolute Gasteiger partial charge is 0.494 e. The fourth-order valence-corrected chi connectivity index (χ4v) is 8.29. The van der Waals surface area contributed by atoms with Crippen LogP contribution in [0, 0.1) is 0 Å². The fourth-order valence-electron chi connectivity index (χ4n) is 2.97. The van der Waals surface area contributed by atoms with E-state index < -0.39 is 8.80 Å². The molecule has 3 aromatic rings. The third-order valence-corrected chi connectivity index (χ3v) is 9.62. The third-order valence-electron chi connectivity index (χ3n) is 4.38. The quantitative estimate of drug-likeness (QED) is 0.387. The van der Waals surface area contributed by atoms with E-state index in [2.05, 4.69) is 72.4 Å². The zero-order valence-corrected chi connectivity index (χ0v) is 17.1. The molecule has 0 bridgehead atoms. The van der Waals surface area contributed by atoms with Gasteiger partial charge < -0.3 is 4.74 Å². The van der Waals surface area contributed by atoms with Crippen LogP contribution < -0.4 is 15.1 Å². The minimum absolute atomic E-state index is 0.808. The van der Waals surface area contributed by atoms with Crippen LogP contribution in [0.1, 0.15) is 12.8 Å². The molecule has 0 unspecified atom stereocenters. The van der Waals surface area contributed by atoms with E-state index in [0.29, 0.717) is 0 Å². The van der Waals surface area contributed by atoms with Crippen molar-refractivity contribution in [1.29, 1.82) is 0 Å². The monoisotopic (exact) mass is 378 g/mol. The zero-order chi connectivity index (χ0) is 17.9. The molecule has 0 heterocycles. The second-order valence-electron chi connectivity index (χ2n) is 6.32. The molecule has 0 aliphatic rings. The standard InChI is InChI=1S/C23H26OSSi/c1-4-12-21(13-5-1)24-18-10-11-19-25-20-26(22-14-6-2-7-15-22)23-16-8-3-9-17-23/h1-9,12-17,26H,10-11,18-20H2. The predicted molar refractivity (Wildman–Crippen MR) is 118 cm³/mol. The molecular formula is C23H26OSSi. The van der Waals surface area contributed by atoms with Crippen molar-refractivity contribution in [2.75, 3.05) is 17.7 Å². The molecule has 0 aliphatic heterocycles. The highest BCUT2D eigenvalue weighted by Crippen LogP contribution is 2.11. The number of para-hydroxylation sites is 1. The van der Waals surface area contributed by atoms with Crippen LogP contribution in [0.15, 0.2) is 91.0 Å². The smallest absolute Gasteiger partial charge is 0.119 e. The van der Waals surface area contributed by atoms with E-state index >= 15 is 0 Å². The lowest BCUT2D eigenvalue weighted by molar-refractivity contribution is 0.310. The molecule has 3 heteroatoms. The molecule has 3 aromatic carbocycles. The number of rotatable bonds is 10. The average Bonchev–Trinajstić information content (AvgIpc) is 2.72. The average molecular weight is 379 g/mol. The van der Waals surface area contributed by atoms with E-state index in [-0.39, 0.29) is 0 Å². The first-order valence-corrected chi connectivity index (χ1v) is 12.4. The van der Waals surface area contributed by atoms with E-state index in [4.69, 9.17) is 4.74 Å². The van der Waals surface area contributed by atoms with Crippen molar-refractivity contribution in [2.24, 2.45) is 0 Å². The molecule has 0 aliphatic carbocycles. The molecule has 0 spiro atoms. The lowest BCUT2D eigenvalue weighted by Gasteiger charge is -2.16. The molecule has 0 saturated carbocycles. The Balaban J connectivity index is 1.42. The first-order chi connectivity index (χ1) is 12.9. The number of unbranched alkanes of at least 4 members (excludes halogenated alkanes) is 1. The molecule has 26 heavy (non-hydrogen) atoms. The SMILES string of the molecule is c1ccc(OCCCCSC[SiH](c2ccccc2)c2ccccc2)cc1. The summed E-state index contributed by atoms with van der Waals surface area (Å²) < 4.78 is 5.77. The maximum atomic E-state index is 5.77. The van der Waals surface area contributed by atoms with Gasteiger partial charge in [0, 0.05) is 0 Å². The highest BCUT2D eigenvalue weighted by Gasteiger charge is 2.15. The Kier molecular flexibility index (Phi) is 7.88. The van der Waals surface area contributed by atoms with Gasteiger partial charge in [-0.05, 0) is 36.1 Å². The summed E-state index contributed by atoms with van der Waals surface area (Å²) in [5.41, 5.74) is 0.